The van der Waals surface area contributed by atoms with Crippen molar-refractivity contribution in [1.29, 1.82) is 0 Å². The minimum Gasteiger partial charge on any atom is -0.479 e. The lowest BCUT2D eigenvalue weighted by atomic mass is 9.87. The van der Waals surface area contributed by atoms with Crippen LogP contribution in [0.2, 0.25) is 0 Å². The van der Waals surface area contributed by atoms with Crippen molar-refractivity contribution >= 4 is 13.7 Å². The molecule has 0 amide bonds. The van der Waals surface area contributed by atoms with E-state index in [9.17, 15) is 9.90 Å². The van der Waals surface area contributed by atoms with Gasteiger partial charge in [0.25, 0.3) is 0 Å². The summed E-state index contributed by atoms with van der Waals surface area (Å²) in [7, 11) is 0.256. The van der Waals surface area contributed by atoms with Crippen LogP contribution in [0.15, 0.2) is 0 Å². The van der Waals surface area contributed by atoms with E-state index in [4.69, 9.17) is 10.1 Å². The summed E-state index contributed by atoms with van der Waals surface area (Å²) in [6.45, 7) is 3.73. The molecule has 0 saturated carbocycles. The van der Waals surface area contributed by atoms with Gasteiger partial charge in [-0.05, 0) is 20.8 Å². The molecular weight excluding hydrogens is 163 g/mol. The van der Waals surface area contributed by atoms with Crippen LogP contribution in [-0.4, -0.2) is 40.1 Å². The number of aliphatic carboxylic acids is 1. The fourth-order valence-electron chi connectivity index (χ4n) is 0.562. The summed E-state index contributed by atoms with van der Waals surface area (Å²) in [5, 5.41) is 26.4. The highest BCUT2D eigenvalue weighted by Crippen LogP contribution is 2.25. The maximum Gasteiger partial charge on any atom is 0.486 e. The Bertz CT molecular complexity index is 175. The van der Waals surface area contributed by atoms with Crippen LogP contribution in [0.4, 0.5) is 0 Å². The summed E-state index contributed by atoms with van der Waals surface area (Å²) < 4.78 is 4.44. The molecular formula is C6H12BO5. The number of aliphatic hydroxyl groups is 1. The number of hydrogen-bond donors (Lipinski definition) is 3. The maximum absolute atomic E-state index is 10.6. The number of rotatable bonds is 4. The summed E-state index contributed by atoms with van der Waals surface area (Å²) in [5.41, 5.74) is -3.43. The van der Waals surface area contributed by atoms with Crippen LogP contribution < -0.4 is 0 Å². The third-order valence-electron chi connectivity index (χ3n) is 1.86. The van der Waals surface area contributed by atoms with Crippen molar-refractivity contribution in [3.05, 3.63) is 0 Å². The second-order valence-corrected chi connectivity index (χ2v) is 3.12. The van der Waals surface area contributed by atoms with Gasteiger partial charge in [0.05, 0.1) is 5.60 Å². The van der Waals surface area contributed by atoms with Crippen LogP contribution in [0, 0.1) is 0 Å². The molecule has 0 aliphatic heterocycles. The number of carboxylic acids is 1. The monoisotopic (exact) mass is 175 g/mol. The van der Waals surface area contributed by atoms with Gasteiger partial charge in [-0.2, -0.15) is 0 Å². The lowest BCUT2D eigenvalue weighted by molar-refractivity contribution is -0.177. The van der Waals surface area contributed by atoms with Crippen molar-refractivity contribution in [2.45, 2.75) is 32.0 Å². The Kier molecular flexibility index (Phi) is 3.26. The topological polar surface area (TPSA) is 87.0 Å². The highest BCUT2D eigenvalue weighted by Gasteiger charge is 2.47. The molecule has 0 spiro atoms. The highest BCUT2D eigenvalue weighted by atomic mass is 16.6. The molecule has 0 aliphatic rings. The summed E-state index contributed by atoms with van der Waals surface area (Å²) >= 11 is 0. The van der Waals surface area contributed by atoms with Crippen molar-refractivity contribution in [3.8, 4) is 0 Å². The highest BCUT2D eigenvalue weighted by molar-refractivity contribution is 6.17. The van der Waals surface area contributed by atoms with Gasteiger partial charge < -0.3 is 19.9 Å². The van der Waals surface area contributed by atoms with Gasteiger partial charge >= 0.3 is 13.7 Å². The quantitative estimate of drug-likeness (QED) is 0.484. The smallest absolute Gasteiger partial charge is 0.479 e. The third-order valence-corrected chi connectivity index (χ3v) is 1.86. The van der Waals surface area contributed by atoms with E-state index in [0.29, 0.717) is 0 Å². The van der Waals surface area contributed by atoms with E-state index in [2.05, 4.69) is 4.65 Å². The van der Waals surface area contributed by atoms with Gasteiger partial charge in [-0.25, -0.2) is 4.79 Å². The summed E-state index contributed by atoms with van der Waals surface area (Å²) in [5.74, 6) is -1.35. The number of carbonyl (C=O) groups is 1. The first-order valence-electron chi connectivity index (χ1n) is 3.35. The Labute approximate surface area is 71.3 Å². The Morgan fingerprint density at radius 2 is 1.83 bits per heavy atom. The molecule has 1 radical (unpaired) electrons. The second-order valence-electron chi connectivity index (χ2n) is 3.12. The Hall–Kier alpha value is -0.585. The lowest BCUT2D eigenvalue weighted by Gasteiger charge is -2.35. The summed E-state index contributed by atoms with van der Waals surface area (Å²) in [4.78, 5) is 10.6. The second kappa shape index (κ2) is 3.43. The van der Waals surface area contributed by atoms with Gasteiger partial charge in [0, 0.05) is 0 Å². The molecule has 0 aromatic rings. The van der Waals surface area contributed by atoms with Crippen LogP contribution in [-0.2, 0) is 9.45 Å². The van der Waals surface area contributed by atoms with Crippen molar-refractivity contribution in [2.75, 3.05) is 0 Å². The first-order valence-corrected chi connectivity index (χ1v) is 3.35. The number of hydrogen-bond acceptors (Lipinski definition) is 4. The van der Waals surface area contributed by atoms with Crippen LogP contribution >= 0.6 is 0 Å². The van der Waals surface area contributed by atoms with Crippen LogP contribution in [0.5, 0.6) is 0 Å². The average molecular weight is 175 g/mol. The van der Waals surface area contributed by atoms with Crippen molar-refractivity contribution in [3.63, 3.8) is 0 Å². The lowest BCUT2D eigenvalue weighted by Crippen LogP contribution is -2.56. The van der Waals surface area contributed by atoms with E-state index in [0.717, 1.165) is 0 Å². The van der Waals surface area contributed by atoms with E-state index in [1.54, 1.807) is 0 Å². The SMILES string of the molecule is CC(C)(O)C(C)(O[B]O)C(=O)O. The minimum absolute atomic E-state index is 0.256. The molecule has 0 rings (SSSR count). The molecule has 3 N–H and O–H groups in total. The fourth-order valence-corrected chi connectivity index (χ4v) is 0.562. The standard InChI is InChI=1S/C6H12BO5/c1-5(2,10)6(3,4(8)9)12-7-11/h10-11H,1-3H3,(H,8,9). The predicted molar refractivity (Wildman–Crippen MR) is 41.4 cm³/mol. The van der Waals surface area contributed by atoms with Crippen LogP contribution in [0.25, 0.3) is 0 Å². The van der Waals surface area contributed by atoms with Crippen LogP contribution in [0.3, 0.4) is 0 Å². The van der Waals surface area contributed by atoms with E-state index in [1.165, 1.54) is 20.8 Å². The largest absolute Gasteiger partial charge is 0.486 e. The molecule has 5 nitrogen and oxygen atoms in total. The van der Waals surface area contributed by atoms with E-state index in [-0.39, 0.29) is 7.69 Å². The minimum atomic E-state index is -1.85. The van der Waals surface area contributed by atoms with Crippen LogP contribution in [0.1, 0.15) is 20.8 Å². The molecule has 0 aliphatic carbocycles. The van der Waals surface area contributed by atoms with Gasteiger partial charge in [0.1, 0.15) is 0 Å². The molecule has 12 heavy (non-hydrogen) atoms. The van der Waals surface area contributed by atoms with Crippen molar-refractivity contribution in [2.24, 2.45) is 0 Å². The zero-order valence-electron chi connectivity index (χ0n) is 7.24. The Morgan fingerprint density at radius 1 is 1.42 bits per heavy atom. The zero-order valence-corrected chi connectivity index (χ0v) is 7.24. The zero-order chi connectivity index (χ0) is 9.99. The van der Waals surface area contributed by atoms with Crippen molar-refractivity contribution < 1.29 is 24.7 Å². The Balaban J connectivity index is 4.75. The molecule has 0 saturated heterocycles. The molecule has 0 aromatic carbocycles. The molecule has 1 unspecified atom stereocenters. The van der Waals surface area contributed by atoms with E-state index in [1.807, 2.05) is 0 Å². The molecule has 0 heterocycles. The van der Waals surface area contributed by atoms with E-state index >= 15 is 0 Å². The normalized spacial score (nSPS) is 16.8. The van der Waals surface area contributed by atoms with Crippen molar-refractivity contribution in [1.82, 2.24) is 0 Å². The predicted octanol–water partition coefficient (Wildman–Crippen LogP) is -0.856. The maximum atomic E-state index is 10.6. The van der Waals surface area contributed by atoms with Gasteiger partial charge in [-0.1, -0.05) is 0 Å². The molecule has 0 fully saturated rings. The average Bonchev–Trinajstić information content (AvgIpc) is 1.85. The number of carboxylic acid groups (broad SMARTS) is 1. The molecule has 0 bridgehead atoms. The summed E-state index contributed by atoms with van der Waals surface area (Å²) in [6.07, 6.45) is 0. The summed E-state index contributed by atoms with van der Waals surface area (Å²) in [6, 6.07) is 0. The molecule has 1 atom stereocenters. The van der Waals surface area contributed by atoms with Gasteiger partial charge in [0.2, 0.25) is 0 Å². The van der Waals surface area contributed by atoms with E-state index < -0.39 is 17.2 Å². The van der Waals surface area contributed by atoms with Gasteiger partial charge in [0.15, 0.2) is 5.60 Å². The van der Waals surface area contributed by atoms with Gasteiger partial charge in [-0.15, -0.1) is 0 Å². The molecule has 0 aromatic heterocycles. The molecule has 69 valence electrons. The third kappa shape index (κ3) is 1.97. The first-order chi connectivity index (χ1) is 5.25. The van der Waals surface area contributed by atoms with Gasteiger partial charge in [-0.3, -0.25) is 0 Å². The molecule has 6 heteroatoms. The fraction of sp³-hybridized carbons (Fsp3) is 0.833. The Morgan fingerprint density at radius 3 is 1.92 bits per heavy atom. The first kappa shape index (κ1) is 11.4.